The van der Waals surface area contributed by atoms with Gasteiger partial charge >= 0.3 is 0 Å². The summed E-state index contributed by atoms with van der Waals surface area (Å²) in [5.41, 5.74) is 14.6. The lowest BCUT2D eigenvalue weighted by Gasteiger charge is -2.23. The molecule has 0 aromatic heterocycles. The number of hydrogen-bond acceptors (Lipinski definition) is 4. The van der Waals surface area contributed by atoms with E-state index >= 15 is 0 Å². The van der Waals surface area contributed by atoms with E-state index in [0.29, 0.717) is 22.5 Å². The van der Waals surface area contributed by atoms with Gasteiger partial charge in [-0.2, -0.15) is 0 Å². The van der Waals surface area contributed by atoms with Crippen LogP contribution in [0.15, 0.2) is 170 Å². The van der Waals surface area contributed by atoms with Crippen molar-refractivity contribution in [2.75, 3.05) is 10.6 Å². The van der Waals surface area contributed by atoms with Gasteiger partial charge in [-0.25, -0.2) is 0 Å². The van der Waals surface area contributed by atoms with Crippen LogP contribution in [0, 0.1) is 27.7 Å². The smallest absolute Gasteiger partial charge is 0.252 e. The fourth-order valence-corrected chi connectivity index (χ4v) is 10.4. The molecule has 8 heteroatoms. The Balaban J connectivity index is 0.00000400. The third-order valence-corrected chi connectivity index (χ3v) is 13.6. The predicted molar refractivity (Wildman–Crippen MR) is 309 cm³/mol. The van der Waals surface area contributed by atoms with Crippen molar-refractivity contribution < 1.29 is 19.2 Å². The second kappa shape index (κ2) is 22.4. The average Bonchev–Trinajstić information content (AvgIpc) is 3.36. The molecular weight excluding hydrogens is 913 g/mol. The number of hydrogen-bond donors (Lipinski definition) is 4. The molecule has 9 aromatic rings. The zero-order valence-corrected chi connectivity index (χ0v) is 42.0. The Morgan fingerprint density at radius 2 is 0.689 bits per heavy atom. The van der Waals surface area contributed by atoms with Crippen molar-refractivity contribution in [3.8, 4) is 44.5 Å². The van der Waals surface area contributed by atoms with Gasteiger partial charge in [-0.05, 0) is 130 Å². The minimum absolute atomic E-state index is 0. The molecule has 2 atom stereocenters. The number of aryl methyl sites for hydroxylation is 4. The van der Waals surface area contributed by atoms with Crippen molar-refractivity contribution in [3.05, 3.63) is 214 Å². The van der Waals surface area contributed by atoms with Crippen molar-refractivity contribution >= 4 is 56.5 Å². The Kier molecular flexibility index (Phi) is 16.1. The van der Waals surface area contributed by atoms with Crippen LogP contribution in [0.3, 0.4) is 0 Å². The van der Waals surface area contributed by atoms with Gasteiger partial charge in [0.05, 0.1) is 23.5 Å². The molecule has 4 amide bonds. The summed E-state index contributed by atoms with van der Waals surface area (Å²) >= 11 is 0. The summed E-state index contributed by atoms with van der Waals surface area (Å²) in [5, 5.41) is 16.6. The maximum absolute atomic E-state index is 13.8. The Morgan fingerprint density at radius 3 is 1.00 bits per heavy atom. The van der Waals surface area contributed by atoms with Crippen LogP contribution in [0.2, 0.25) is 0 Å². The van der Waals surface area contributed by atoms with Crippen molar-refractivity contribution in [2.24, 2.45) is 0 Å². The molecule has 0 fully saturated rings. The predicted octanol–water partition coefficient (Wildman–Crippen LogP) is 16.1. The Hall–Kier alpha value is -8.62. The number of carbonyl (C=O) groups excluding carboxylic acids is 4. The zero-order valence-electron chi connectivity index (χ0n) is 42.0. The first-order valence-corrected chi connectivity index (χ1v) is 24.4. The largest absolute Gasteiger partial charge is 0.346 e. The molecule has 0 saturated carbocycles. The molecule has 2 unspecified atom stereocenters. The van der Waals surface area contributed by atoms with Crippen molar-refractivity contribution in [2.45, 2.75) is 82.3 Å². The van der Waals surface area contributed by atoms with E-state index in [4.69, 9.17) is 0 Å². The van der Waals surface area contributed by atoms with Crippen LogP contribution >= 0.6 is 0 Å². The molecular formula is C66H66N4O4. The van der Waals surface area contributed by atoms with Crippen molar-refractivity contribution in [1.29, 1.82) is 0 Å². The average molecular weight is 979 g/mol. The summed E-state index contributed by atoms with van der Waals surface area (Å²) in [6.07, 6.45) is 0. The van der Waals surface area contributed by atoms with E-state index in [1.165, 1.54) is 13.8 Å². The van der Waals surface area contributed by atoms with E-state index in [2.05, 4.69) is 81.9 Å². The van der Waals surface area contributed by atoms with Crippen molar-refractivity contribution in [3.63, 3.8) is 0 Å². The SMILES string of the molecule is C.C.CC(=O)Nc1c(-c2cccc3cccc(-c4cc(C)c(C(=O)NC(C)c5ccccc5)c(C)c4)c23)ccc(-c2cccc3cccc(-c4cc(C)c(C(=O)NC(C)c5ccccc5)c(C)c4)c23)c1NC(C)=O. The third kappa shape index (κ3) is 10.6. The highest BCUT2D eigenvalue weighted by atomic mass is 16.2. The van der Waals surface area contributed by atoms with E-state index in [0.717, 1.165) is 99.4 Å². The summed E-state index contributed by atoms with van der Waals surface area (Å²) < 4.78 is 0. The number of amides is 4. The minimum Gasteiger partial charge on any atom is -0.346 e. The maximum Gasteiger partial charge on any atom is 0.252 e. The van der Waals surface area contributed by atoms with Crippen LogP contribution in [-0.4, -0.2) is 23.6 Å². The number of benzene rings is 9. The van der Waals surface area contributed by atoms with Gasteiger partial charge in [0.1, 0.15) is 0 Å². The van der Waals surface area contributed by atoms with E-state index in [1.54, 1.807) is 0 Å². The van der Waals surface area contributed by atoms with Gasteiger partial charge in [0.2, 0.25) is 11.8 Å². The molecule has 9 aromatic carbocycles. The molecule has 0 aliphatic carbocycles. The van der Waals surface area contributed by atoms with Crippen LogP contribution in [-0.2, 0) is 9.59 Å². The van der Waals surface area contributed by atoms with Gasteiger partial charge in [0.25, 0.3) is 11.8 Å². The highest BCUT2D eigenvalue weighted by Gasteiger charge is 2.25. The Bertz CT molecular complexity index is 3310. The van der Waals surface area contributed by atoms with Crippen LogP contribution in [0.1, 0.15) is 109 Å². The van der Waals surface area contributed by atoms with Gasteiger partial charge in [-0.1, -0.05) is 185 Å². The molecule has 0 spiro atoms. The summed E-state index contributed by atoms with van der Waals surface area (Å²) in [6.45, 7) is 14.8. The normalized spacial score (nSPS) is 11.7. The summed E-state index contributed by atoms with van der Waals surface area (Å²) in [6, 6.07) is 56.4. The second-order valence-corrected chi connectivity index (χ2v) is 18.9. The molecule has 0 heterocycles. The van der Waals surface area contributed by atoms with Gasteiger partial charge in [-0.3, -0.25) is 19.2 Å². The zero-order chi connectivity index (χ0) is 50.8. The highest BCUT2D eigenvalue weighted by molar-refractivity contribution is 6.17. The molecule has 8 nitrogen and oxygen atoms in total. The fourth-order valence-electron chi connectivity index (χ4n) is 10.4. The molecule has 374 valence electrons. The molecule has 4 N–H and O–H groups in total. The number of fused-ring (bicyclic) bond motifs is 2. The molecule has 74 heavy (non-hydrogen) atoms. The van der Waals surface area contributed by atoms with Gasteiger partial charge in [0, 0.05) is 36.1 Å². The standard InChI is InChI=1S/C64H58N4O4.2CH4/c1-37-33-49(34-38(2)57(37)63(71)65-41(5)45-19-11-9-12-20-45)51-27-15-23-47-25-17-29-53(59(47)51)55-31-32-56(62(68-44(8)70)61(55)67-43(7)69)54-30-18-26-48-24-16-28-52(60(48)54)50-35-39(3)58(40(4)36-50)64(72)66-42(6)46-21-13-10-14-22-46;;/h9-36,41-42H,1-8H3,(H,65,71)(H,66,72)(H,67,69)(H,68,70);2*1H4. The van der Waals surface area contributed by atoms with E-state index < -0.39 is 0 Å². The van der Waals surface area contributed by atoms with E-state index in [1.807, 2.05) is 151 Å². The minimum atomic E-state index is -0.297. The van der Waals surface area contributed by atoms with E-state index in [-0.39, 0.29) is 50.6 Å². The number of carbonyl (C=O) groups is 4. The molecule has 0 bridgehead atoms. The lowest BCUT2D eigenvalue weighted by atomic mass is 9.86. The molecule has 0 radical (unpaired) electrons. The summed E-state index contributed by atoms with van der Waals surface area (Å²) in [5.74, 6) is -0.859. The highest BCUT2D eigenvalue weighted by Crippen LogP contribution is 2.48. The lowest BCUT2D eigenvalue weighted by molar-refractivity contribution is -0.115. The number of rotatable bonds is 12. The number of nitrogens with one attached hydrogen (secondary N) is 4. The Labute approximate surface area is 436 Å². The van der Waals surface area contributed by atoms with Gasteiger partial charge in [-0.15, -0.1) is 0 Å². The molecule has 0 aliphatic rings. The molecule has 9 rings (SSSR count). The summed E-state index contributed by atoms with van der Waals surface area (Å²) in [7, 11) is 0. The van der Waals surface area contributed by atoms with Gasteiger partial charge < -0.3 is 21.3 Å². The fraction of sp³-hybridized carbons (Fsp3) is 0.182. The lowest BCUT2D eigenvalue weighted by Crippen LogP contribution is -2.28. The number of anilines is 2. The quantitative estimate of drug-likeness (QED) is 0.0975. The van der Waals surface area contributed by atoms with Crippen LogP contribution in [0.25, 0.3) is 66.1 Å². The first-order valence-electron chi connectivity index (χ1n) is 24.4. The van der Waals surface area contributed by atoms with Crippen LogP contribution < -0.4 is 21.3 Å². The topological polar surface area (TPSA) is 116 Å². The second-order valence-electron chi connectivity index (χ2n) is 18.9. The first kappa shape index (κ1) is 53.2. The van der Waals surface area contributed by atoms with Gasteiger partial charge in [0.15, 0.2) is 0 Å². The summed E-state index contributed by atoms with van der Waals surface area (Å²) in [4.78, 5) is 54.4. The van der Waals surface area contributed by atoms with Crippen LogP contribution in [0.4, 0.5) is 11.4 Å². The maximum atomic E-state index is 13.8. The first-order chi connectivity index (χ1) is 34.7. The van der Waals surface area contributed by atoms with Crippen molar-refractivity contribution in [1.82, 2.24) is 10.6 Å². The molecule has 0 aliphatic heterocycles. The Morgan fingerprint density at radius 1 is 0.378 bits per heavy atom. The third-order valence-electron chi connectivity index (χ3n) is 13.6. The van der Waals surface area contributed by atoms with E-state index in [9.17, 15) is 19.2 Å². The van der Waals surface area contributed by atoms with Crippen LogP contribution in [0.5, 0.6) is 0 Å². The monoisotopic (exact) mass is 979 g/mol. The molecule has 0 saturated heterocycles.